The molecule has 0 saturated heterocycles. The first kappa shape index (κ1) is 15.9. The van der Waals surface area contributed by atoms with Crippen LogP contribution in [-0.4, -0.2) is 25.8 Å². The van der Waals surface area contributed by atoms with E-state index in [-0.39, 0.29) is 46.9 Å². The third-order valence-corrected chi connectivity index (χ3v) is 0. The van der Waals surface area contributed by atoms with Gasteiger partial charge in [0, 0.05) is 21.1 Å². The maximum Gasteiger partial charge on any atom is 0 e. The molecular formula is H3InO2WZn. The molecule has 0 aromatic carbocycles. The zero-order valence-corrected chi connectivity index (χ0v) is 7.83. The van der Waals surface area contributed by atoms with Crippen LogP contribution in [0.4, 0.5) is 0 Å². The number of rotatable bonds is 0. The van der Waals surface area contributed by atoms with Crippen molar-refractivity contribution in [3.05, 3.63) is 0 Å². The summed E-state index contributed by atoms with van der Waals surface area (Å²) in [5.74, 6) is 0. The molecule has 0 aliphatic heterocycles. The molecule has 5 heteroatoms. The van der Waals surface area contributed by atoms with Gasteiger partial charge < -0.3 is 0 Å². The van der Waals surface area contributed by atoms with Gasteiger partial charge in [-0.15, -0.1) is 0 Å². The molecule has 0 spiro atoms. The zero-order valence-electron chi connectivity index (χ0n) is 1.93. The second kappa shape index (κ2) is 17.1. The van der Waals surface area contributed by atoms with E-state index in [0.717, 1.165) is 0 Å². The number of hydrogen-bond donors (Lipinski definition) is 0. The van der Waals surface area contributed by atoms with Crippen molar-refractivity contribution in [2.75, 3.05) is 0 Å². The van der Waals surface area contributed by atoms with E-state index in [1.54, 1.807) is 0 Å². The van der Waals surface area contributed by atoms with Gasteiger partial charge in [0.15, 0.2) is 0 Å². The van der Waals surface area contributed by atoms with Crippen molar-refractivity contribution in [2.45, 2.75) is 0 Å². The summed E-state index contributed by atoms with van der Waals surface area (Å²) in [5.41, 5.74) is 0. The summed E-state index contributed by atoms with van der Waals surface area (Å²) in [6, 6.07) is 0. The van der Waals surface area contributed by atoms with Gasteiger partial charge in [0.05, 0.1) is 0 Å². The van der Waals surface area contributed by atoms with Crippen LogP contribution in [0.3, 0.4) is 0 Å². The van der Waals surface area contributed by atoms with E-state index in [2.05, 4.69) is 0 Å². The fraction of sp³-hybridized carbons (Fsp3) is 0. The van der Waals surface area contributed by atoms with E-state index in [4.69, 9.17) is 7.15 Å². The molecule has 2 nitrogen and oxygen atoms in total. The molecular weight excluding hydrogens is 396 g/mol. The third kappa shape index (κ3) is 26.0. The minimum absolute atomic E-state index is 0. The van der Waals surface area contributed by atoms with Crippen molar-refractivity contribution in [2.24, 2.45) is 0 Å². The zero-order chi connectivity index (χ0) is 2.71. The molecule has 0 aromatic heterocycles. The molecule has 5 heavy (non-hydrogen) atoms. The van der Waals surface area contributed by atoms with Crippen LogP contribution in [0.2, 0.25) is 0 Å². The Hall–Kier alpha value is 1.78. The molecule has 0 aliphatic rings. The molecule has 0 saturated carbocycles. The second-order valence-electron chi connectivity index (χ2n) is 0.118. The maximum absolute atomic E-state index is 8.56. The molecule has 0 bridgehead atoms. The Balaban J connectivity index is -0.0000000200. The van der Waals surface area contributed by atoms with E-state index >= 15 is 0 Å². The quantitative estimate of drug-likeness (QED) is 0.469. The van der Waals surface area contributed by atoms with Gasteiger partial charge in [-0.1, -0.05) is 0 Å². The Bertz CT molecular complexity index is 30.6. The minimum atomic E-state index is -2.38. The van der Waals surface area contributed by atoms with E-state index < -0.39 is 17.0 Å². The first-order valence-corrected chi connectivity index (χ1v) is 3.00. The van der Waals surface area contributed by atoms with Crippen molar-refractivity contribution in [1.29, 1.82) is 0 Å². The second-order valence-corrected chi connectivity index (χ2v) is 0.612. The van der Waals surface area contributed by atoms with Crippen LogP contribution >= 0.6 is 0 Å². The summed E-state index contributed by atoms with van der Waals surface area (Å²) < 4.78 is 17.1. The molecule has 0 N–H and O–H groups in total. The summed E-state index contributed by atoms with van der Waals surface area (Å²) in [6.07, 6.45) is 0. The van der Waals surface area contributed by atoms with Crippen molar-refractivity contribution in [1.82, 2.24) is 0 Å². The van der Waals surface area contributed by atoms with Crippen molar-refractivity contribution in [3.63, 3.8) is 0 Å². The predicted octanol–water partition coefficient (Wildman–Crippen LogP) is -1.43. The monoisotopic (exact) mass is 398 g/mol. The van der Waals surface area contributed by atoms with Crippen molar-refractivity contribution < 1.29 is 45.2 Å². The van der Waals surface area contributed by atoms with E-state index in [1.807, 2.05) is 0 Å². The van der Waals surface area contributed by atoms with Gasteiger partial charge in [-0.05, 0) is 0 Å². The Kier molecular flexibility index (Phi) is 54.2. The maximum atomic E-state index is 8.56. The fourth-order valence-electron chi connectivity index (χ4n) is 0. The first-order valence-electron chi connectivity index (χ1n) is 0.577. The van der Waals surface area contributed by atoms with Crippen LogP contribution in [0.5, 0.6) is 0 Å². The third-order valence-electron chi connectivity index (χ3n) is 0. The van der Waals surface area contributed by atoms with E-state index in [9.17, 15) is 0 Å². The van der Waals surface area contributed by atoms with Gasteiger partial charge >= 0.3 is 50.0 Å². The van der Waals surface area contributed by atoms with Gasteiger partial charge in [0.25, 0.3) is 0 Å². The summed E-state index contributed by atoms with van der Waals surface area (Å²) in [5, 5.41) is 0. The van der Waals surface area contributed by atoms with Gasteiger partial charge in [-0.25, -0.2) is 0 Å². The Morgan fingerprint density at radius 1 is 1.20 bits per heavy atom. The van der Waals surface area contributed by atoms with Gasteiger partial charge in [-0.3, -0.25) is 0 Å². The van der Waals surface area contributed by atoms with Crippen molar-refractivity contribution in [3.8, 4) is 0 Å². The summed E-state index contributed by atoms with van der Waals surface area (Å²) in [4.78, 5) is 0. The molecule has 0 heterocycles. The van der Waals surface area contributed by atoms with Crippen LogP contribution < -0.4 is 0 Å². The largest absolute Gasteiger partial charge is 0 e. The molecule has 0 unspecified atom stereocenters. The molecule has 0 amide bonds. The number of hydrogen-bond acceptors (Lipinski definition) is 2. The van der Waals surface area contributed by atoms with Gasteiger partial charge in [0.2, 0.25) is 0 Å². The normalized spacial score (nSPS) is 4.00. The molecule has 26 valence electrons. The Morgan fingerprint density at radius 2 is 1.20 bits per heavy atom. The van der Waals surface area contributed by atoms with Gasteiger partial charge in [-0.2, -0.15) is 0 Å². The van der Waals surface area contributed by atoms with Crippen LogP contribution in [0.25, 0.3) is 0 Å². The summed E-state index contributed by atoms with van der Waals surface area (Å²) in [7, 11) is 0. The average Bonchev–Trinajstić information content (AvgIpc) is 0.918. The molecule has 0 fully saturated rings. The average molecular weight is 399 g/mol. The smallest absolute Gasteiger partial charge is 0 e. The standard InChI is InChI=1S/In.2O.W.Zn.3H. The molecule has 0 rings (SSSR count). The molecule has 0 atom stereocenters. The topological polar surface area (TPSA) is 34.1 Å². The fourth-order valence-corrected chi connectivity index (χ4v) is 0. The van der Waals surface area contributed by atoms with Gasteiger partial charge in [0.1, 0.15) is 0 Å². The molecule has 0 aromatic rings. The first-order chi connectivity index (χ1) is 1.41. The van der Waals surface area contributed by atoms with E-state index in [1.165, 1.54) is 0 Å². The Morgan fingerprint density at radius 3 is 1.20 bits per heavy atom. The van der Waals surface area contributed by atoms with Crippen LogP contribution in [-0.2, 0) is 45.2 Å². The van der Waals surface area contributed by atoms with Crippen LogP contribution in [0.15, 0.2) is 0 Å². The molecule has 0 aliphatic carbocycles. The predicted molar refractivity (Wildman–Crippen MR) is 11.3 cm³/mol. The van der Waals surface area contributed by atoms with E-state index in [0.29, 0.717) is 0 Å². The minimum Gasteiger partial charge on any atom is 0 e. The Labute approximate surface area is 70.3 Å². The molecule has 0 radical (unpaired) electrons. The van der Waals surface area contributed by atoms with Crippen LogP contribution in [0, 0.1) is 0 Å². The summed E-state index contributed by atoms with van der Waals surface area (Å²) >= 11 is -2.38. The van der Waals surface area contributed by atoms with Crippen LogP contribution in [0.1, 0.15) is 0 Å². The van der Waals surface area contributed by atoms with Crippen molar-refractivity contribution >= 4 is 25.8 Å². The summed E-state index contributed by atoms with van der Waals surface area (Å²) in [6.45, 7) is 0. The SMILES string of the molecule is [InH3].[O]=[Zn]=[O].[W].